The fraction of sp³-hybridized carbons (Fsp3) is 0.125. The molecule has 0 atom stereocenters. The normalized spacial score (nSPS) is 10.9. The Balaban J connectivity index is 1.86. The summed E-state index contributed by atoms with van der Waals surface area (Å²) < 4.78 is 46.4. The van der Waals surface area contributed by atoms with E-state index in [2.05, 4.69) is 5.32 Å². The van der Waals surface area contributed by atoms with Gasteiger partial charge in [-0.25, -0.2) is 4.39 Å². The molecule has 192 valence electrons. The van der Waals surface area contributed by atoms with Crippen molar-refractivity contribution in [1.82, 2.24) is 3.82 Å². The molecule has 0 spiro atoms. The minimum Gasteiger partial charge on any atom is -0.453 e. The number of nitrogens with one attached hydrogen (secondary N) is 1. The third-order valence-electron chi connectivity index (χ3n) is 4.85. The van der Waals surface area contributed by atoms with Gasteiger partial charge in [-0.3, -0.25) is 9.59 Å². The molecule has 0 radical (unpaired) electrons. The molecule has 2 amide bonds. The maximum atomic E-state index is 15.3. The van der Waals surface area contributed by atoms with Gasteiger partial charge in [0.1, 0.15) is 10.6 Å². The molecule has 1 N–H and O–H groups in total. The van der Waals surface area contributed by atoms with Gasteiger partial charge < -0.3 is 10.1 Å². The second-order valence-electron chi connectivity index (χ2n) is 7.43. The number of halogens is 4. The predicted molar refractivity (Wildman–Crippen MR) is 137 cm³/mol. The number of hydrogen-bond donors (Lipinski definition) is 1. The summed E-state index contributed by atoms with van der Waals surface area (Å²) in [6, 6.07) is 13.9. The molecule has 3 aromatic carbocycles. The molecule has 0 fully saturated rings. The lowest BCUT2D eigenvalue weighted by Gasteiger charge is -2.17. The second-order valence-corrected chi connectivity index (χ2v) is 10.6. The van der Waals surface area contributed by atoms with Gasteiger partial charge in [-0.15, -0.1) is 3.82 Å². The highest BCUT2D eigenvalue weighted by atomic mass is 35.5. The molecule has 0 bridgehead atoms. The Labute approximate surface area is 227 Å². The monoisotopic (exact) mass is 583 g/mol. The lowest BCUT2D eigenvalue weighted by molar-refractivity contribution is -0.123. The molecular weight excluding hydrogens is 568 g/mol. The number of nitrogens with zero attached hydrogens (tertiary/aromatic N) is 2. The van der Waals surface area contributed by atoms with Gasteiger partial charge in [0.15, 0.2) is 11.6 Å². The van der Waals surface area contributed by atoms with Crippen LogP contribution in [0.5, 0.6) is 11.5 Å². The molecule has 0 aromatic heterocycles. The van der Waals surface area contributed by atoms with Gasteiger partial charge in [0.2, 0.25) is 5.91 Å². The van der Waals surface area contributed by atoms with Crippen LogP contribution in [0.3, 0.4) is 0 Å². The number of hydrogen-bond acceptors (Lipinski definition) is 6. The molecule has 3 aromatic rings. The Hall–Kier alpha value is -3.36. The molecule has 0 unspecified atom stereocenters. The van der Waals surface area contributed by atoms with Crippen LogP contribution in [-0.2, 0) is 26.0 Å². The van der Waals surface area contributed by atoms with Crippen molar-refractivity contribution in [1.29, 1.82) is 5.26 Å². The number of carbonyl (C=O) groups is 2. The molecule has 8 nitrogen and oxygen atoms in total. The molecule has 0 saturated heterocycles. The molecular formula is C24H17Cl3FN3O5S. The van der Waals surface area contributed by atoms with Crippen LogP contribution < -0.4 is 10.1 Å². The van der Waals surface area contributed by atoms with Crippen molar-refractivity contribution in [2.24, 2.45) is 0 Å². The zero-order valence-electron chi connectivity index (χ0n) is 19.0. The van der Waals surface area contributed by atoms with Gasteiger partial charge in [-0.1, -0.05) is 48.3 Å². The summed E-state index contributed by atoms with van der Waals surface area (Å²) in [6.45, 7) is 1.44. The van der Waals surface area contributed by atoms with Crippen molar-refractivity contribution in [3.8, 4) is 17.6 Å². The van der Waals surface area contributed by atoms with Crippen molar-refractivity contribution in [2.75, 3.05) is 5.32 Å². The van der Waals surface area contributed by atoms with Crippen LogP contribution in [-0.4, -0.2) is 24.1 Å². The number of benzene rings is 3. The molecule has 0 aliphatic carbocycles. The van der Waals surface area contributed by atoms with E-state index in [0.717, 1.165) is 0 Å². The van der Waals surface area contributed by atoms with Crippen molar-refractivity contribution in [3.63, 3.8) is 0 Å². The molecule has 0 aliphatic heterocycles. The minimum atomic E-state index is -4.47. The van der Waals surface area contributed by atoms with Crippen LogP contribution >= 0.6 is 35.0 Å². The first kappa shape index (κ1) is 28.2. The van der Waals surface area contributed by atoms with Crippen LogP contribution in [0.25, 0.3) is 0 Å². The van der Waals surface area contributed by atoms with Crippen LogP contribution in [0.15, 0.2) is 59.5 Å². The van der Waals surface area contributed by atoms with E-state index < -0.39 is 44.7 Å². The van der Waals surface area contributed by atoms with Crippen molar-refractivity contribution in [2.45, 2.75) is 24.7 Å². The highest BCUT2D eigenvalue weighted by Gasteiger charge is 2.30. The Bertz CT molecular complexity index is 1530. The first-order chi connectivity index (χ1) is 17.5. The van der Waals surface area contributed by atoms with Crippen molar-refractivity contribution < 1.29 is 27.1 Å². The average molecular weight is 585 g/mol. The lowest BCUT2D eigenvalue weighted by Crippen LogP contribution is -2.29. The Kier molecular flexibility index (Phi) is 8.99. The number of nitriles is 1. The molecule has 13 heteroatoms. The third kappa shape index (κ3) is 6.50. The van der Waals surface area contributed by atoms with E-state index in [1.54, 1.807) is 0 Å². The highest BCUT2D eigenvalue weighted by Crippen LogP contribution is 2.35. The van der Waals surface area contributed by atoms with E-state index in [1.165, 1.54) is 61.5 Å². The number of anilines is 1. The summed E-state index contributed by atoms with van der Waals surface area (Å²) in [7, 11) is -4.47. The van der Waals surface area contributed by atoms with Crippen molar-refractivity contribution in [3.05, 3.63) is 81.6 Å². The first-order valence-electron chi connectivity index (χ1n) is 10.5. The van der Waals surface area contributed by atoms with Crippen LogP contribution in [0.1, 0.15) is 24.5 Å². The van der Waals surface area contributed by atoms with Gasteiger partial charge in [-0.2, -0.15) is 13.7 Å². The quantitative estimate of drug-likeness (QED) is 0.322. The molecule has 37 heavy (non-hydrogen) atoms. The number of sulfonamides is 1. The summed E-state index contributed by atoms with van der Waals surface area (Å²) >= 11 is 17.8. The fourth-order valence-corrected chi connectivity index (χ4v) is 5.08. The molecule has 0 aliphatic rings. The van der Waals surface area contributed by atoms with E-state index in [0.29, 0.717) is 0 Å². The van der Waals surface area contributed by atoms with Crippen LogP contribution in [0.4, 0.5) is 10.1 Å². The zero-order chi connectivity index (χ0) is 27.3. The Morgan fingerprint density at radius 1 is 1.14 bits per heavy atom. The number of rotatable bonds is 8. The minimum absolute atomic E-state index is 0.0536. The van der Waals surface area contributed by atoms with E-state index >= 15 is 4.39 Å². The number of carbonyl (C=O) groups excluding carboxylic acids is 2. The predicted octanol–water partition coefficient (Wildman–Crippen LogP) is 6.06. The van der Waals surface area contributed by atoms with Gasteiger partial charge in [0.05, 0.1) is 28.8 Å². The van der Waals surface area contributed by atoms with Gasteiger partial charge in [0, 0.05) is 28.8 Å². The van der Waals surface area contributed by atoms with E-state index in [9.17, 15) is 18.0 Å². The molecule has 0 heterocycles. The summed E-state index contributed by atoms with van der Waals surface area (Å²) in [5, 5.41) is 11.6. The Morgan fingerprint density at radius 2 is 1.84 bits per heavy atom. The third-order valence-corrected chi connectivity index (χ3v) is 7.64. The van der Waals surface area contributed by atoms with E-state index in [-0.39, 0.29) is 42.9 Å². The van der Waals surface area contributed by atoms with Gasteiger partial charge in [-0.05, 0) is 36.4 Å². The zero-order valence-corrected chi connectivity index (χ0v) is 22.1. The Morgan fingerprint density at radius 3 is 2.51 bits per heavy atom. The van der Waals surface area contributed by atoms with E-state index in [4.69, 9.17) is 45.0 Å². The fourth-order valence-electron chi connectivity index (χ4n) is 3.11. The average Bonchev–Trinajstić information content (AvgIpc) is 2.87. The van der Waals surface area contributed by atoms with Crippen LogP contribution in [0.2, 0.25) is 10.0 Å². The maximum Gasteiger partial charge on any atom is 0.282 e. The molecule has 0 saturated carbocycles. The summed E-state index contributed by atoms with van der Waals surface area (Å²) in [6.07, 6.45) is -0.685. The van der Waals surface area contributed by atoms with Crippen molar-refractivity contribution >= 4 is 62.5 Å². The number of amides is 2. The summed E-state index contributed by atoms with van der Waals surface area (Å²) in [5.41, 5.74) is -0.0879. The van der Waals surface area contributed by atoms with Gasteiger partial charge >= 0.3 is 0 Å². The summed E-state index contributed by atoms with van der Waals surface area (Å²) in [5.74, 6) is -2.91. The number of para-hydroxylation sites is 1. The maximum absolute atomic E-state index is 15.3. The standard InChI is InChI=1S/C24H17Cl3FN3O5S/c1-2-22(33)31(27)37(34,35)20-6-4-3-5-19(20)30-21(32)11-15-7-8-18(26)24(23(15)28)36-17-10-14(13-29)9-16(25)12-17/h3-10,12H,2,11H2,1H3,(H,30,32). The molecule has 3 rings (SSSR count). The smallest absolute Gasteiger partial charge is 0.282 e. The SMILES string of the molecule is CCC(=O)N(Cl)S(=O)(=O)c1ccccc1NC(=O)Cc1ccc(Cl)c(Oc2cc(Cl)cc(C#N)c2)c1F. The van der Waals surface area contributed by atoms with Gasteiger partial charge in [0.25, 0.3) is 15.9 Å². The highest BCUT2D eigenvalue weighted by molar-refractivity contribution is 7.90. The summed E-state index contributed by atoms with van der Waals surface area (Å²) in [4.78, 5) is 24.1. The lowest BCUT2D eigenvalue weighted by atomic mass is 10.1. The van der Waals surface area contributed by atoms with Crippen LogP contribution in [0, 0.1) is 17.1 Å². The largest absolute Gasteiger partial charge is 0.453 e. The topological polar surface area (TPSA) is 117 Å². The van der Waals surface area contributed by atoms with E-state index in [1.807, 2.05) is 6.07 Å². The second kappa shape index (κ2) is 11.8. The first-order valence-corrected chi connectivity index (χ1v) is 13.0. The number of ether oxygens (including phenoxy) is 1.